The number of nitrogens with one attached hydrogen (secondary N) is 3. The molecule has 48 heavy (non-hydrogen) atoms. The van der Waals surface area contributed by atoms with Crippen molar-refractivity contribution in [3.8, 4) is 11.4 Å². The van der Waals surface area contributed by atoms with Crippen LogP contribution in [0.2, 0.25) is 0 Å². The molecule has 0 aliphatic rings. The van der Waals surface area contributed by atoms with E-state index in [0.29, 0.717) is 11.1 Å². The van der Waals surface area contributed by atoms with Gasteiger partial charge in [-0.1, -0.05) is 74.5 Å². The van der Waals surface area contributed by atoms with Crippen LogP contribution in [0.15, 0.2) is 96.2 Å². The number of hydrogen-bond acceptors (Lipinski definition) is 8. The number of carbonyl (C=O) groups is 3. The van der Waals surface area contributed by atoms with E-state index in [1.54, 1.807) is 72.8 Å². The predicted molar refractivity (Wildman–Crippen MR) is 173 cm³/mol. The number of carbonyl (C=O) groups excluding carboxylic acids is 3. The number of benzene rings is 2. The fraction of sp³-hybridized carbons (Fsp3) is 0.294. The molecule has 0 saturated carbocycles. The first-order valence-electron chi connectivity index (χ1n) is 15.1. The van der Waals surface area contributed by atoms with Crippen molar-refractivity contribution < 1.29 is 33.0 Å². The molecule has 0 aliphatic carbocycles. The summed E-state index contributed by atoms with van der Waals surface area (Å²) < 4.78 is 36.5. The number of halogens is 2. The summed E-state index contributed by atoms with van der Waals surface area (Å²) in [5, 5.41) is 17.5. The summed E-state index contributed by atoms with van der Waals surface area (Å²) >= 11 is 0. The van der Waals surface area contributed by atoms with E-state index in [4.69, 9.17) is 4.74 Å². The van der Waals surface area contributed by atoms with E-state index in [1.807, 2.05) is 0 Å². The molecule has 0 spiro atoms. The molecule has 2 atom stereocenters. The summed E-state index contributed by atoms with van der Waals surface area (Å²) in [6, 6.07) is 19.0. The van der Waals surface area contributed by atoms with Gasteiger partial charge in [-0.2, -0.15) is 8.78 Å². The van der Waals surface area contributed by atoms with Crippen LogP contribution in [-0.4, -0.2) is 62.2 Å². The monoisotopic (exact) mass is 662 g/mol. The van der Waals surface area contributed by atoms with Crippen LogP contribution < -0.4 is 21.5 Å². The third-order valence-electron chi connectivity index (χ3n) is 7.34. The number of aliphatic hydroxyl groups excluding tert-OH is 1. The Labute approximate surface area is 275 Å². The van der Waals surface area contributed by atoms with Gasteiger partial charge in [0.05, 0.1) is 12.2 Å². The minimum atomic E-state index is -4.27. The van der Waals surface area contributed by atoms with Crippen molar-refractivity contribution in [2.45, 2.75) is 51.5 Å². The van der Waals surface area contributed by atoms with Gasteiger partial charge in [-0.15, -0.1) is 0 Å². The molecule has 2 aromatic heterocycles. The summed E-state index contributed by atoms with van der Waals surface area (Å²) in [4.78, 5) is 60.0. The Bertz CT molecular complexity index is 1740. The molecule has 14 heteroatoms. The second kappa shape index (κ2) is 16.4. The lowest BCUT2D eigenvalue weighted by Crippen LogP contribution is -2.59. The van der Waals surface area contributed by atoms with E-state index >= 15 is 8.78 Å². The fourth-order valence-electron chi connectivity index (χ4n) is 4.74. The normalized spacial score (nSPS) is 12.5. The van der Waals surface area contributed by atoms with Crippen LogP contribution in [0, 0.1) is 5.92 Å². The number of amides is 3. The molecule has 4 rings (SSSR count). The maximum absolute atomic E-state index is 15.2. The van der Waals surface area contributed by atoms with Crippen molar-refractivity contribution in [1.82, 2.24) is 25.2 Å². The van der Waals surface area contributed by atoms with Crippen molar-refractivity contribution in [2.75, 3.05) is 11.9 Å². The predicted octanol–water partition coefficient (Wildman–Crippen LogP) is 3.55. The number of nitrogens with zero attached hydrogens (tertiary/aromatic N) is 3. The summed E-state index contributed by atoms with van der Waals surface area (Å²) in [5.41, 5.74) is 0.821. The highest BCUT2D eigenvalue weighted by atomic mass is 19.3. The van der Waals surface area contributed by atoms with Crippen LogP contribution in [0.5, 0.6) is 0 Å². The van der Waals surface area contributed by atoms with Gasteiger partial charge in [0.25, 0.3) is 11.5 Å². The maximum atomic E-state index is 15.2. The first-order chi connectivity index (χ1) is 23.0. The van der Waals surface area contributed by atoms with E-state index in [-0.39, 0.29) is 31.1 Å². The standard InChI is InChI=1S/C34H36F2N6O6/c1-22(2)28(29(44)34(35,36)32(46)38-18-15-23-13-16-37-17-14-23)41-27(43)20-42-30(25-11-7-4-8-12-25)39-19-26(31(42)45)40-33(47)48-21-24-9-5-3-6-10-24/h3-14,16-17,19,22,28-29,44H,15,18,20-21H2,1-2H3,(H,38,46)(H,40,47)(H,41,43). The summed E-state index contributed by atoms with van der Waals surface area (Å²) in [6.07, 6.45) is 0.912. The van der Waals surface area contributed by atoms with E-state index < -0.39 is 54.0 Å². The second-order valence-electron chi connectivity index (χ2n) is 11.2. The zero-order chi connectivity index (χ0) is 34.7. The Kier molecular flexibility index (Phi) is 12.1. The number of aliphatic hydroxyl groups is 1. The molecule has 2 unspecified atom stereocenters. The summed E-state index contributed by atoms with van der Waals surface area (Å²) in [7, 11) is 0. The van der Waals surface area contributed by atoms with Gasteiger partial charge in [0.2, 0.25) is 5.91 Å². The molecule has 0 radical (unpaired) electrons. The van der Waals surface area contributed by atoms with Crippen LogP contribution in [0.1, 0.15) is 25.0 Å². The Balaban J connectivity index is 1.49. The quantitative estimate of drug-likeness (QED) is 0.159. The largest absolute Gasteiger partial charge is 0.444 e. The van der Waals surface area contributed by atoms with Gasteiger partial charge in [0.15, 0.2) is 0 Å². The Hall–Kier alpha value is -5.50. The molecule has 2 aromatic carbocycles. The van der Waals surface area contributed by atoms with Crippen LogP contribution in [-0.2, 0) is 33.9 Å². The second-order valence-corrected chi connectivity index (χ2v) is 11.2. The number of rotatable bonds is 14. The van der Waals surface area contributed by atoms with Gasteiger partial charge in [0, 0.05) is 24.5 Å². The average molecular weight is 663 g/mol. The molecule has 4 N–H and O–H groups in total. The number of aromatic nitrogens is 3. The number of anilines is 1. The lowest BCUT2D eigenvalue weighted by molar-refractivity contribution is -0.169. The molecular formula is C34H36F2N6O6. The third-order valence-corrected chi connectivity index (χ3v) is 7.34. The molecule has 0 bridgehead atoms. The van der Waals surface area contributed by atoms with Gasteiger partial charge in [-0.05, 0) is 35.6 Å². The highest BCUT2D eigenvalue weighted by molar-refractivity contribution is 5.85. The molecule has 4 aromatic rings. The van der Waals surface area contributed by atoms with Gasteiger partial charge in [-0.25, -0.2) is 9.78 Å². The first-order valence-corrected chi connectivity index (χ1v) is 15.1. The SMILES string of the molecule is CC(C)C(NC(=O)Cn1c(-c2ccccc2)ncc(NC(=O)OCc2ccccc2)c1=O)C(O)C(F)(F)C(=O)NCCc1ccncc1. The Morgan fingerprint density at radius 2 is 1.60 bits per heavy atom. The van der Waals surface area contributed by atoms with Crippen LogP contribution in [0.3, 0.4) is 0 Å². The molecule has 2 heterocycles. The number of ether oxygens (including phenoxy) is 1. The molecule has 252 valence electrons. The third kappa shape index (κ3) is 9.28. The molecule has 3 amide bonds. The Morgan fingerprint density at radius 3 is 2.25 bits per heavy atom. The van der Waals surface area contributed by atoms with Crippen LogP contribution in [0.25, 0.3) is 11.4 Å². The molecular weight excluding hydrogens is 626 g/mol. The molecule has 0 saturated heterocycles. The molecule has 12 nitrogen and oxygen atoms in total. The zero-order valence-corrected chi connectivity index (χ0v) is 26.3. The lowest BCUT2D eigenvalue weighted by Gasteiger charge is -2.32. The van der Waals surface area contributed by atoms with Gasteiger partial charge in [-0.3, -0.25) is 29.3 Å². The molecule has 0 fully saturated rings. The topological polar surface area (TPSA) is 165 Å². The van der Waals surface area contributed by atoms with E-state index in [9.17, 15) is 24.3 Å². The maximum Gasteiger partial charge on any atom is 0.412 e. The average Bonchev–Trinajstić information content (AvgIpc) is 3.09. The van der Waals surface area contributed by atoms with Crippen LogP contribution >= 0.6 is 0 Å². The van der Waals surface area contributed by atoms with Crippen molar-refractivity contribution in [3.63, 3.8) is 0 Å². The minimum absolute atomic E-state index is 0.0551. The fourth-order valence-corrected chi connectivity index (χ4v) is 4.74. The van der Waals surface area contributed by atoms with E-state index in [2.05, 4.69) is 25.9 Å². The Morgan fingerprint density at radius 1 is 0.958 bits per heavy atom. The summed E-state index contributed by atoms with van der Waals surface area (Å²) in [6.45, 7) is 2.07. The van der Waals surface area contributed by atoms with Crippen molar-refractivity contribution in [3.05, 3.63) is 113 Å². The van der Waals surface area contributed by atoms with E-state index in [0.717, 1.165) is 16.3 Å². The molecule has 0 aliphatic heterocycles. The van der Waals surface area contributed by atoms with Crippen molar-refractivity contribution >= 4 is 23.6 Å². The first kappa shape index (κ1) is 35.4. The number of hydrogen-bond donors (Lipinski definition) is 4. The minimum Gasteiger partial charge on any atom is -0.444 e. The smallest absolute Gasteiger partial charge is 0.412 e. The van der Waals surface area contributed by atoms with Crippen molar-refractivity contribution in [1.29, 1.82) is 0 Å². The van der Waals surface area contributed by atoms with Crippen molar-refractivity contribution in [2.24, 2.45) is 5.92 Å². The van der Waals surface area contributed by atoms with E-state index in [1.165, 1.54) is 26.2 Å². The number of alkyl halides is 2. The zero-order valence-electron chi connectivity index (χ0n) is 26.3. The van der Waals surface area contributed by atoms with Gasteiger partial charge >= 0.3 is 12.0 Å². The number of pyridine rings is 1. The summed E-state index contributed by atoms with van der Waals surface area (Å²) in [5.74, 6) is -7.59. The van der Waals surface area contributed by atoms with Crippen LogP contribution in [0.4, 0.5) is 19.3 Å². The van der Waals surface area contributed by atoms with Gasteiger partial charge < -0.3 is 20.5 Å². The highest BCUT2D eigenvalue weighted by Gasteiger charge is 2.51. The highest BCUT2D eigenvalue weighted by Crippen LogP contribution is 2.25. The van der Waals surface area contributed by atoms with Gasteiger partial charge in [0.1, 0.15) is 30.8 Å². The lowest BCUT2D eigenvalue weighted by atomic mass is 9.93.